The molecule has 13 heteroatoms. The smallest absolute Gasteiger partial charge is 0.245 e. The first-order valence-corrected chi connectivity index (χ1v) is 22.5. The van der Waals surface area contributed by atoms with Crippen LogP contribution in [0.15, 0.2) is 36.4 Å². The largest absolute Gasteiger partial charge is 0.507 e. The number of nitrogens with one attached hydrogen (secondary N) is 2. The number of phenolic OH excluding ortho intramolecular Hbond substituents is 2. The van der Waals surface area contributed by atoms with Gasteiger partial charge in [0.05, 0.1) is 12.6 Å². The topological polar surface area (TPSA) is 194 Å². The quantitative estimate of drug-likeness (QED) is 0.0727. The van der Waals surface area contributed by atoms with Crippen LogP contribution in [0.3, 0.4) is 0 Å². The molecule has 2 aromatic carbocycles. The Bertz CT molecular complexity index is 1780. The number of rotatable bonds is 23. The van der Waals surface area contributed by atoms with Gasteiger partial charge in [-0.3, -0.25) is 28.8 Å². The maximum absolute atomic E-state index is 14.0. The minimum absolute atomic E-state index is 0.103. The lowest BCUT2D eigenvalue weighted by atomic mass is 9.90. The Morgan fingerprint density at radius 1 is 0.754 bits per heavy atom. The number of aliphatic hydroxyl groups is 1. The molecule has 1 heterocycles. The summed E-state index contributed by atoms with van der Waals surface area (Å²) in [6.07, 6.45) is 15.3. The van der Waals surface area contributed by atoms with Gasteiger partial charge >= 0.3 is 0 Å². The Balaban J connectivity index is 1.57. The van der Waals surface area contributed by atoms with Gasteiger partial charge in [0.25, 0.3) is 0 Å². The number of aromatic hydroxyl groups is 2. The predicted octanol–water partition coefficient (Wildman–Crippen LogP) is 7.08. The molecule has 0 saturated heterocycles. The number of carbonyl (C=O) groups is 6. The minimum Gasteiger partial charge on any atom is -0.507 e. The number of hydrogen-bond acceptors (Lipinski definition) is 9. The fourth-order valence-corrected chi connectivity index (χ4v) is 7.97. The number of carbonyl (C=O) groups excluding carboxylic acids is 6. The lowest BCUT2D eigenvalue weighted by Crippen LogP contribution is -2.53. The van der Waals surface area contributed by atoms with Crippen molar-refractivity contribution < 1.29 is 44.1 Å². The maximum atomic E-state index is 14.0. The fraction of sp³-hybridized carbons (Fsp3) is 0.625. The van der Waals surface area contributed by atoms with E-state index in [2.05, 4.69) is 17.6 Å². The van der Waals surface area contributed by atoms with E-state index in [1.165, 1.54) is 107 Å². The number of hydrogen-bond donors (Lipinski definition) is 5. The Morgan fingerprint density at radius 2 is 1.31 bits per heavy atom. The molecular weight excluding hydrogens is 777 g/mol. The molecule has 2 aromatic rings. The van der Waals surface area contributed by atoms with Crippen LogP contribution in [0.5, 0.6) is 11.5 Å². The molecule has 5 N–H and O–H groups in total. The second-order valence-electron chi connectivity index (χ2n) is 17.1. The second kappa shape index (κ2) is 25.9. The summed E-state index contributed by atoms with van der Waals surface area (Å²) in [5.41, 5.74) is 1.71. The normalized spacial score (nSPS) is 17.7. The van der Waals surface area contributed by atoms with Gasteiger partial charge in [-0.2, -0.15) is 0 Å². The molecule has 0 radical (unpaired) electrons. The first kappa shape index (κ1) is 50.6. The zero-order chi connectivity index (χ0) is 45.1. The van der Waals surface area contributed by atoms with Crippen LogP contribution in [0.2, 0.25) is 0 Å². The zero-order valence-electron chi connectivity index (χ0n) is 37.5. The van der Waals surface area contributed by atoms with E-state index in [1.807, 2.05) is 6.92 Å². The van der Waals surface area contributed by atoms with E-state index in [4.69, 9.17) is 0 Å². The SMILES string of the molecule is CCCCCCCCCCCCCCCC(=O)N(C)[C@H](CO)C(=O)N[C@H](C)C(=O)CCC(=O)N(C)[C@@H]1C(=O)C[C@@H](C)C(=O)N[C@H](C)Cc2ccc(O)c(c2)-c2cc1ccc2O. The minimum atomic E-state index is -1.20. The molecule has 338 valence electrons. The standard InChI is InChI=1S/C48H72N4O9/c1-7-8-9-10-11-12-13-14-15-16-17-18-19-20-44(58)51(5)39(31-53)48(61)50-34(4)40(54)25-26-45(59)52(6)46-36-22-24-42(56)38(30-36)37-29-35(21-23-41(37)55)28-33(3)49-47(60)32(2)27-43(46)57/h21-24,29-30,32-34,39,46,53,55-56H,7-20,25-28,31H2,1-6H3,(H,49,60)(H,50,61)/t32-,33-,34-,39-,46+/m1/s1. The number of fused-ring (bicyclic) bond motifs is 5. The molecule has 1 aliphatic rings. The molecule has 5 atom stereocenters. The molecule has 0 aromatic heterocycles. The number of nitrogens with zero attached hydrogens (tertiary/aromatic N) is 2. The zero-order valence-corrected chi connectivity index (χ0v) is 37.5. The summed E-state index contributed by atoms with van der Waals surface area (Å²) in [6, 6.07) is 5.66. The number of ketones is 2. The van der Waals surface area contributed by atoms with E-state index >= 15 is 0 Å². The number of unbranched alkanes of at least 4 members (excludes halogenated alkanes) is 12. The Morgan fingerprint density at radius 3 is 1.90 bits per heavy atom. The average molecular weight is 849 g/mol. The van der Waals surface area contributed by atoms with Gasteiger partial charge < -0.3 is 35.8 Å². The molecule has 0 aliphatic carbocycles. The van der Waals surface area contributed by atoms with Crippen LogP contribution >= 0.6 is 0 Å². The lowest BCUT2D eigenvalue weighted by molar-refractivity contribution is -0.141. The fourth-order valence-electron chi connectivity index (χ4n) is 7.97. The van der Waals surface area contributed by atoms with Gasteiger partial charge in [0, 0.05) is 62.9 Å². The van der Waals surface area contributed by atoms with Gasteiger partial charge in [-0.05, 0) is 62.1 Å². The van der Waals surface area contributed by atoms with Crippen molar-refractivity contribution in [2.45, 2.75) is 167 Å². The summed E-state index contributed by atoms with van der Waals surface area (Å²) >= 11 is 0. The van der Waals surface area contributed by atoms with E-state index in [0.29, 0.717) is 24.0 Å². The van der Waals surface area contributed by atoms with Gasteiger partial charge in [-0.1, -0.05) is 103 Å². The highest BCUT2D eigenvalue weighted by molar-refractivity contribution is 5.96. The van der Waals surface area contributed by atoms with Gasteiger partial charge in [-0.15, -0.1) is 0 Å². The van der Waals surface area contributed by atoms with Crippen LogP contribution in [-0.2, 0) is 35.2 Å². The molecule has 0 spiro atoms. The summed E-state index contributed by atoms with van der Waals surface area (Å²) < 4.78 is 0. The monoisotopic (exact) mass is 849 g/mol. The van der Waals surface area contributed by atoms with Gasteiger partial charge in [-0.25, -0.2) is 0 Å². The van der Waals surface area contributed by atoms with Crippen molar-refractivity contribution in [1.82, 2.24) is 20.4 Å². The molecule has 0 unspecified atom stereocenters. The molecule has 13 nitrogen and oxygen atoms in total. The summed E-state index contributed by atoms with van der Waals surface area (Å²) in [7, 11) is 2.89. The van der Waals surface area contributed by atoms with Crippen LogP contribution in [0.1, 0.15) is 154 Å². The van der Waals surface area contributed by atoms with Gasteiger partial charge in [0.15, 0.2) is 11.6 Å². The van der Waals surface area contributed by atoms with E-state index in [1.54, 1.807) is 25.1 Å². The Hall–Kier alpha value is -4.78. The molecule has 1 aliphatic heterocycles. The van der Waals surface area contributed by atoms with Crippen molar-refractivity contribution in [1.29, 1.82) is 0 Å². The molecule has 0 fully saturated rings. The number of amides is 4. The number of aliphatic hydroxyl groups excluding tert-OH is 1. The van der Waals surface area contributed by atoms with Crippen LogP contribution < -0.4 is 10.6 Å². The van der Waals surface area contributed by atoms with E-state index in [0.717, 1.165) is 24.8 Å². The third-order valence-electron chi connectivity index (χ3n) is 11.9. The molecule has 4 amide bonds. The predicted molar refractivity (Wildman–Crippen MR) is 237 cm³/mol. The summed E-state index contributed by atoms with van der Waals surface area (Å²) in [4.78, 5) is 82.6. The number of likely N-dealkylation sites (N-methyl/N-ethyl adjacent to an activating group) is 2. The van der Waals surface area contributed by atoms with Gasteiger partial charge in [0.2, 0.25) is 23.6 Å². The van der Waals surface area contributed by atoms with Crippen molar-refractivity contribution >= 4 is 35.2 Å². The lowest BCUT2D eigenvalue weighted by Gasteiger charge is -2.30. The first-order valence-electron chi connectivity index (χ1n) is 22.5. The highest BCUT2D eigenvalue weighted by atomic mass is 16.3. The Kier molecular flexibility index (Phi) is 21.4. The second-order valence-corrected chi connectivity index (χ2v) is 17.1. The van der Waals surface area contributed by atoms with Crippen LogP contribution in [0.25, 0.3) is 11.1 Å². The average Bonchev–Trinajstić information content (AvgIpc) is 3.22. The van der Waals surface area contributed by atoms with Crippen molar-refractivity contribution in [3.8, 4) is 22.6 Å². The highest BCUT2D eigenvalue weighted by Crippen LogP contribution is 2.39. The van der Waals surface area contributed by atoms with Crippen molar-refractivity contribution in [3.05, 3.63) is 47.5 Å². The molecule has 0 saturated carbocycles. The third-order valence-corrected chi connectivity index (χ3v) is 11.9. The molecule has 61 heavy (non-hydrogen) atoms. The maximum Gasteiger partial charge on any atom is 0.245 e. The summed E-state index contributed by atoms with van der Waals surface area (Å²) in [6.45, 7) is 6.53. The van der Waals surface area contributed by atoms with Crippen LogP contribution in [0, 0.1) is 5.92 Å². The number of Topliss-reactive ketones (excluding diaryl/α,β-unsaturated/α-hetero) is 2. The van der Waals surface area contributed by atoms with E-state index in [-0.39, 0.29) is 60.6 Å². The Labute approximate surface area is 363 Å². The van der Waals surface area contributed by atoms with Crippen LogP contribution in [0.4, 0.5) is 0 Å². The van der Waals surface area contributed by atoms with Gasteiger partial charge in [0.1, 0.15) is 23.6 Å². The summed E-state index contributed by atoms with van der Waals surface area (Å²) in [5, 5.41) is 37.2. The van der Waals surface area contributed by atoms with Crippen molar-refractivity contribution in [2.24, 2.45) is 5.92 Å². The number of phenols is 2. The number of benzene rings is 2. The van der Waals surface area contributed by atoms with Crippen LogP contribution in [-0.4, -0.2) is 99.1 Å². The van der Waals surface area contributed by atoms with Crippen molar-refractivity contribution in [3.63, 3.8) is 0 Å². The highest BCUT2D eigenvalue weighted by Gasteiger charge is 2.33. The molecular formula is C48H72N4O9. The third kappa shape index (κ3) is 15.9. The van der Waals surface area contributed by atoms with E-state index < -0.39 is 54.0 Å². The van der Waals surface area contributed by atoms with Crippen molar-refractivity contribution in [2.75, 3.05) is 20.7 Å². The summed E-state index contributed by atoms with van der Waals surface area (Å²) in [5.74, 6) is -3.71. The molecule has 3 rings (SSSR count). The molecule has 4 bridgehead atoms. The first-order chi connectivity index (χ1) is 29.1. The van der Waals surface area contributed by atoms with E-state index in [9.17, 15) is 44.1 Å².